The van der Waals surface area contributed by atoms with Gasteiger partial charge >= 0.3 is 0 Å². The molecule has 1 aliphatic rings. The van der Waals surface area contributed by atoms with Gasteiger partial charge in [0.15, 0.2) is 11.8 Å². The maximum atomic E-state index is 5.95. The van der Waals surface area contributed by atoms with Crippen molar-refractivity contribution >= 4 is 29.9 Å². The monoisotopic (exact) mass is 509 g/mol. The van der Waals surface area contributed by atoms with Crippen molar-refractivity contribution in [2.45, 2.75) is 78.7 Å². The summed E-state index contributed by atoms with van der Waals surface area (Å²) in [5.41, 5.74) is 0.151. The molecule has 0 aromatic carbocycles. The molecule has 1 heterocycles. The van der Waals surface area contributed by atoms with Crippen molar-refractivity contribution in [1.29, 1.82) is 0 Å². The van der Waals surface area contributed by atoms with Crippen LogP contribution in [0.5, 0.6) is 0 Å². The minimum atomic E-state index is -0.176. The minimum Gasteiger partial charge on any atom is -0.378 e. The number of guanidine groups is 1. The summed E-state index contributed by atoms with van der Waals surface area (Å²) in [5.74, 6) is 1.81. The van der Waals surface area contributed by atoms with Gasteiger partial charge < -0.3 is 24.6 Å². The summed E-state index contributed by atoms with van der Waals surface area (Å²) >= 11 is 0. The third-order valence-corrected chi connectivity index (χ3v) is 5.68. The molecule has 9 heteroatoms. The minimum absolute atomic E-state index is 0. The summed E-state index contributed by atoms with van der Waals surface area (Å²) in [6.07, 6.45) is 3.28. The van der Waals surface area contributed by atoms with E-state index in [-0.39, 0.29) is 35.5 Å². The first kappa shape index (κ1) is 25.1. The molecule has 0 bridgehead atoms. The average molecular weight is 509 g/mol. The Morgan fingerprint density at radius 1 is 1.29 bits per heavy atom. The first-order valence-electron chi connectivity index (χ1n) is 10.1. The Bertz CT molecular complexity index is 606. The lowest BCUT2D eigenvalue weighted by atomic mass is 9.58. The average Bonchev–Trinajstić information content (AvgIpc) is 3.14. The quantitative estimate of drug-likeness (QED) is 0.284. The number of aromatic nitrogens is 2. The molecule has 0 amide bonds. The van der Waals surface area contributed by atoms with Gasteiger partial charge in [-0.3, -0.25) is 4.99 Å². The van der Waals surface area contributed by atoms with Crippen LogP contribution in [0.4, 0.5) is 0 Å². The smallest absolute Gasteiger partial charge is 0.246 e. The summed E-state index contributed by atoms with van der Waals surface area (Å²) in [4.78, 5) is 8.72. The van der Waals surface area contributed by atoms with E-state index in [1.54, 1.807) is 7.05 Å². The van der Waals surface area contributed by atoms with Crippen molar-refractivity contribution < 1.29 is 14.0 Å². The molecular weight excluding hydrogens is 473 g/mol. The van der Waals surface area contributed by atoms with E-state index in [9.17, 15) is 0 Å². The van der Waals surface area contributed by atoms with E-state index in [0.29, 0.717) is 37.0 Å². The molecule has 0 radical (unpaired) electrons. The fourth-order valence-electron chi connectivity index (χ4n) is 3.93. The van der Waals surface area contributed by atoms with Gasteiger partial charge in [0, 0.05) is 31.7 Å². The van der Waals surface area contributed by atoms with Gasteiger partial charge in [0.05, 0.1) is 12.6 Å². The summed E-state index contributed by atoms with van der Waals surface area (Å²) in [7, 11) is 1.77. The van der Waals surface area contributed by atoms with Crippen molar-refractivity contribution in [3.8, 4) is 0 Å². The molecule has 1 fully saturated rings. The van der Waals surface area contributed by atoms with Gasteiger partial charge in [-0.05, 0) is 40.0 Å². The van der Waals surface area contributed by atoms with Gasteiger partial charge in [0.25, 0.3) is 0 Å². The predicted octanol–water partition coefficient (Wildman–Crippen LogP) is 3.43. The zero-order valence-corrected chi connectivity index (χ0v) is 20.3. The first-order valence-corrected chi connectivity index (χ1v) is 10.1. The van der Waals surface area contributed by atoms with Crippen LogP contribution in [0.3, 0.4) is 0 Å². The first-order chi connectivity index (χ1) is 13.0. The summed E-state index contributed by atoms with van der Waals surface area (Å²) in [5, 5.41) is 10.8. The van der Waals surface area contributed by atoms with Crippen LogP contribution in [0.1, 0.15) is 71.7 Å². The molecule has 1 aliphatic carbocycles. The SMILES string of the molecule is CCOC(C)c1noc(CNC(=NC)NC2CC(OCC)C2(CC)CC)n1.I. The van der Waals surface area contributed by atoms with Crippen LogP contribution in [0.25, 0.3) is 0 Å². The summed E-state index contributed by atoms with van der Waals surface area (Å²) in [6.45, 7) is 12.2. The number of halogens is 1. The second kappa shape index (κ2) is 11.9. The maximum Gasteiger partial charge on any atom is 0.246 e. The molecule has 1 aromatic heterocycles. The zero-order valence-electron chi connectivity index (χ0n) is 17.9. The van der Waals surface area contributed by atoms with E-state index < -0.39 is 0 Å². The molecule has 3 atom stereocenters. The highest BCUT2D eigenvalue weighted by molar-refractivity contribution is 14.0. The highest BCUT2D eigenvalue weighted by Crippen LogP contribution is 2.48. The van der Waals surface area contributed by atoms with Gasteiger partial charge in [-0.1, -0.05) is 19.0 Å². The lowest BCUT2D eigenvalue weighted by Gasteiger charge is -2.55. The van der Waals surface area contributed by atoms with Crippen LogP contribution >= 0.6 is 24.0 Å². The number of aliphatic imine (C=N–C) groups is 1. The molecule has 2 rings (SSSR count). The molecular formula is C19H36IN5O3. The highest BCUT2D eigenvalue weighted by Gasteiger charge is 2.53. The lowest BCUT2D eigenvalue weighted by molar-refractivity contribution is -0.133. The predicted molar refractivity (Wildman–Crippen MR) is 120 cm³/mol. The Balaban J connectivity index is 0.00000392. The molecule has 0 saturated heterocycles. The number of nitrogens with zero attached hydrogens (tertiary/aromatic N) is 3. The molecule has 1 saturated carbocycles. The summed E-state index contributed by atoms with van der Waals surface area (Å²) in [6, 6.07) is 0.339. The second-order valence-corrected chi connectivity index (χ2v) is 6.89. The van der Waals surface area contributed by atoms with Crippen LogP contribution in [0.15, 0.2) is 9.52 Å². The fourth-order valence-corrected chi connectivity index (χ4v) is 3.93. The fraction of sp³-hybridized carbons (Fsp3) is 0.842. The van der Waals surface area contributed by atoms with E-state index in [1.165, 1.54) is 0 Å². The Kier molecular flexibility index (Phi) is 10.7. The molecule has 2 N–H and O–H groups in total. The Labute approximate surface area is 185 Å². The van der Waals surface area contributed by atoms with Crippen molar-refractivity contribution in [2.24, 2.45) is 10.4 Å². The second-order valence-electron chi connectivity index (χ2n) is 6.89. The largest absolute Gasteiger partial charge is 0.378 e. The van der Waals surface area contributed by atoms with Crippen molar-refractivity contribution in [2.75, 3.05) is 20.3 Å². The van der Waals surface area contributed by atoms with Crippen LogP contribution in [-0.4, -0.2) is 48.5 Å². The summed E-state index contributed by atoms with van der Waals surface area (Å²) < 4.78 is 16.7. The molecule has 3 unspecified atom stereocenters. The Hall–Kier alpha value is -0.940. The zero-order chi connectivity index (χ0) is 19.9. The van der Waals surface area contributed by atoms with Gasteiger partial charge in [-0.25, -0.2) is 0 Å². The number of nitrogens with one attached hydrogen (secondary N) is 2. The number of ether oxygens (including phenoxy) is 2. The van der Waals surface area contributed by atoms with Crippen molar-refractivity contribution in [3.63, 3.8) is 0 Å². The van der Waals surface area contributed by atoms with E-state index in [2.05, 4.69) is 46.5 Å². The Morgan fingerprint density at radius 3 is 2.57 bits per heavy atom. The molecule has 28 heavy (non-hydrogen) atoms. The van der Waals surface area contributed by atoms with Gasteiger partial charge in [-0.15, -0.1) is 24.0 Å². The topological polar surface area (TPSA) is 93.8 Å². The van der Waals surface area contributed by atoms with Crippen molar-refractivity contribution in [3.05, 3.63) is 11.7 Å². The van der Waals surface area contributed by atoms with Crippen LogP contribution < -0.4 is 10.6 Å². The van der Waals surface area contributed by atoms with Crippen LogP contribution in [0, 0.1) is 5.41 Å². The third kappa shape index (κ3) is 5.56. The molecule has 8 nitrogen and oxygen atoms in total. The van der Waals surface area contributed by atoms with E-state index >= 15 is 0 Å². The molecule has 0 spiro atoms. The van der Waals surface area contributed by atoms with Gasteiger partial charge in [0.1, 0.15) is 6.10 Å². The van der Waals surface area contributed by atoms with Gasteiger partial charge in [-0.2, -0.15) is 4.98 Å². The van der Waals surface area contributed by atoms with Gasteiger partial charge in [0.2, 0.25) is 5.89 Å². The number of rotatable bonds is 10. The normalized spacial score (nSPS) is 22.1. The Morgan fingerprint density at radius 2 is 2.00 bits per heavy atom. The highest BCUT2D eigenvalue weighted by atomic mass is 127. The van der Waals surface area contributed by atoms with E-state index in [1.807, 2.05) is 13.8 Å². The van der Waals surface area contributed by atoms with Crippen molar-refractivity contribution in [1.82, 2.24) is 20.8 Å². The number of hydrogen-bond acceptors (Lipinski definition) is 6. The molecule has 1 aromatic rings. The van der Waals surface area contributed by atoms with Crippen LogP contribution in [0.2, 0.25) is 0 Å². The maximum absolute atomic E-state index is 5.95. The molecule has 162 valence electrons. The molecule has 0 aliphatic heterocycles. The lowest BCUT2D eigenvalue weighted by Crippen LogP contribution is -2.65. The third-order valence-electron chi connectivity index (χ3n) is 5.68. The van der Waals surface area contributed by atoms with E-state index in [0.717, 1.165) is 31.8 Å². The number of hydrogen-bond donors (Lipinski definition) is 2. The van der Waals surface area contributed by atoms with E-state index in [4.69, 9.17) is 14.0 Å². The van der Waals surface area contributed by atoms with Crippen LogP contribution in [-0.2, 0) is 16.0 Å². The standard InChI is InChI=1S/C19H35N5O3.HI/c1-7-19(8-2)14(11-15(19)26-10-4)22-18(20-6)21-12-16-23-17(24-27-16)13(5)25-9-3;/h13-15H,7-12H2,1-6H3,(H2,20,21,22);1H.